The van der Waals surface area contributed by atoms with Gasteiger partial charge in [0.15, 0.2) is 0 Å². The molecule has 0 amide bonds. The van der Waals surface area contributed by atoms with Gasteiger partial charge in [0.1, 0.15) is 0 Å². The molecule has 2 rings (SSSR count). The van der Waals surface area contributed by atoms with Gasteiger partial charge >= 0.3 is 0 Å². The van der Waals surface area contributed by atoms with Crippen molar-refractivity contribution in [2.45, 2.75) is 13.5 Å². The number of rotatable bonds is 5. The van der Waals surface area contributed by atoms with E-state index >= 15 is 0 Å². The zero-order valence-corrected chi connectivity index (χ0v) is 9.74. The molecule has 3 nitrogen and oxygen atoms in total. The molecule has 3 heteroatoms. The molecule has 0 saturated heterocycles. The predicted molar refractivity (Wildman–Crippen MR) is 68.3 cm³/mol. The van der Waals surface area contributed by atoms with Crippen LogP contribution in [0.25, 0.3) is 10.9 Å². The van der Waals surface area contributed by atoms with Gasteiger partial charge in [0.2, 0.25) is 0 Å². The molecule has 0 bridgehead atoms. The Balaban J connectivity index is 2.20. The van der Waals surface area contributed by atoms with Crippen molar-refractivity contribution in [3.05, 3.63) is 36.0 Å². The normalized spacial score (nSPS) is 11.4. The number of nitrogens with two attached hydrogens (primary N) is 1. The summed E-state index contributed by atoms with van der Waals surface area (Å²) in [5.41, 5.74) is 8.16. The molecular formula is C13H19N3. The maximum atomic E-state index is 5.60. The summed E-state index contributed by atoms with van der Waals surface area (Å²) in [6.45, 7) is 5.85. The highest BCUT2D eigenvalue weighted by atomic mass is 15.1. The third-order valence-electron chi connectivity index (χ3n) is 2.96. The second-order valence-electron chi connectivity index (χ2n) is 4.02. The van der Waals surface area contributed by atoms with Gasteiger partial charge in [-0.25, -0.2) is 0 Å². The number of H-pyrrole nitrogens is 1. The van der Waals surface area contributed by atoms with E-state index in [0.717, 1.165) is 26.2 Å². The lowest BCUT2D eigenvalue weighted by atomic mass is 10.1. The van der Waals surface area contributed by atoms with Crippen molar-refractivity contribution < 1.29 is 0 Å². The Labute approximate surface area is 96.2 Å². The molecule has 0 aliphatic carbocycles. The molecule has 1 aromatic carbocycles. The molecule has 16 heavy (non-hydrogen) atoms. The van der Waals surface area contributed by atoms with Gasteiger partial charge in [0.25, 0.3) is 0 Å². The van der Waals surface area contributed by atoms with Crippen LogP contribution in [0.5, 0.6) is 0 Å². The molecule has 86 valence electrons. The monoisotopic (exact) mass is 217 g/mol. The largest absolute Gasteiger partial charge is 0.361 e. The van der Waals surface area contributed by atoms with E-state index in [0.29, 0.717) is 0 Å². The summed E-state index contributed by atoms with van der Waals surface area (Å²) in [6.07, 6.45) is 2.10. The van der Waals surface area contributed by atoms with Crippen molar-refractivity contribution in [2.24, 2.45) is 5.73 Å². The number of likely N-dealkylation sites (N-methyl/N-ethyl adjacent to an activating group) is 1. The molecule has 0 radical (unpaired) electrons. The maximum absolute atomic E-state index is 5.60. The van der Waals surface area contributed by atoms with Crippen LogP contribution in [0.15, 0.2) is 30.5 Å². The first-order valence-corrected chi connectivity index (χ1v) is 5.82. The van der Waals surface area contributed by atoms with E-state index in [1.54, 1.807) is 0 Å². The summed E-state index contributed by atoms with van der Waals surface area (Å²) in [7, 11) is 0. The molecule has 3 N–H and O–H groups in total. The molecule has 1 aromatic heterocycles. The molecule has 0 fully saturated rings. The fraction of sp³-hybridized carbons (Fsp3) is 0.385. The van der Waals surface area contributed by atoms with Gasteiger partial charge in [0, 0.05) is 36.7 Å². The van der Waals surface area contributed by atoms with Crippen LogP contribution >= 0.6 is 0 Å². The summed E-state index contributed by atoms with van der Waals surface area (Å²) in [5.74, 6) is 0. The standard InChI is InChI=1S/C13H19N3/c1-2-16(8-7-14)10-11-9-15-13-6-4-3-5-12(11)13/h3-6,9,15H,2,7-8,10,14H2,1H3. The van der Waals surface area contributed by atoms with Crippen LogP contribution in [0.2, 0.25) is 0 Å². The third-order valence-corrected chi connectivity index (χ3v) is 2.96. The highest BCUT2D eigenvalue weighted by molar-refractivity contribution is 5.82. The summed E-state index contributed by atoms with van der Waals surface area (Å²) < 4.78 is 0. The summed E-state index contributed by atoms with van der Waals surface area (Å²) in [5, 5.41) is 1.32. The summed E-state index contributed by atoms with van der Waals surface area (Å²) in [6, 6.07) is 8.41. The second kappa shape index (κ2) is 5.14. The Morgan fingerprint density at radius 1 is 1.31 bits per heavy atom. The molecule has 1 heterocycles. The minimum atomic E-state index is 0.718. The number of aromatic amines is 1. The Morgan fingerprint density at radius 3 is 2.88 bits per heavy atom. The van der Waals surface area contributed by atoms with Gasteiger partial charge in [-0.2, -0.15) is 0 Å². The first kappa shape index (κ1) is 11.2. The molecule has 0 spiro atoms. The topological polar surface area (TPSA) is 45.0 Å². The number of hydrogen-bond donors (Lipinski definition) is 2. The lowest BCUT2D eigenvalue weighted by Crippen LogP contribution is -2.28. The number of aromatic nitrogens is 1. The van der Waals surface area contributed by atoms with Crippen molar-refractivity contribution in [1.82, 2.24) is 9.88 Å². The molecule has 2 aromatic rings. The minimum absolute atomic E-state index is 0.718. The fourth-order valence-corrected chi connectivity index (χ4v) is 2.03. The van der Waals surface area contributed by atoms with Gasteiger partial charge in [0.05, 0.1) is 0 Å². The van der Waals surface area contributed by atoms with Crippen LogP contribution in [0.1, 0.15) is 12.5 Å². The van der Waals surface area contributed by atoms with Gasteiger partial charge in [-0.15, -0.1) is 0 Å². The fourth-order valence-electron chi connectivity index (χ4n) is 2.03. The molecule has 0 aliphatic heterocycles. The van der Waals surface area contributed by atoms with Crippen LogP contribution in [0.4, 0.5) is 0 Å². The van der Waals surface area contributed by atoms with Crippen LogP contribution in [0, 0.1) is 0 Å². The van der Waals surface area contributed by atoms with Gasteiger partial charge in [-0.3, -0.25) is 4.90 Å². The van der Waals surface area contributed by atoms with Crippen LogP contribution < -0.4 is 5.73 Å². The van der Waals surface area contributed by atoms with E-state index in [4.69, 9.17) is 5.73 Å². The van der Waals surface area contributed by atoms with E-state index in [9.17, 15) is 0 Å². The van der Waals surface area contributed by atoms with Crippen molar-refractivity contribution in [2.75, 3.05) is 19.6 Å². The number of nitrogens with zero attached hydrogens (tertiary/aromatic N) is 1. The zero-order valence-electron chi connectivity index (χ0n) is 9.74. The van der Waals surface area contributed by atoms with Gasteiger partial charge in [-0.05, 0) is 18.2 Å². The second-order valence-corrected chi connectivity index (χ2v) is 4.02. The quantitative estimate of drug-likeness (QED) is 0.804. The van der Waals surface area contributed by atoms with E-state index in [2.05, 4.69) is 47.3 Å². The van der Waals surface area contributed by atoms with Crippen LogP contribution in [-0.2, 0) is 6.54 Å². The summed E-state index contributed by atoms with van der Waals surface area (Å²) >= 11 is 0. The first-order valence-electron chi connectivity index (χ1n) is 5.82. The third kappa shape index (κ3) is 2.26. The highest BCUT2D eigenvalue weighted by Gasteiger charge is 2.07. The SMILES string of the molecule is CCN(CCN)Cc1c[nH]c2ccccc12. The Kier molecular flexibility index (Phi) is 3.59. The lowest BCUT2D eigenvalue weighted by molar-refractivity contribution is 0.289. The van der Waals surface area contributed by atoms with E-state index in [1.165, 1.54) is 16.5 Å². The Bertz CT molecular complexity index is 447. The van der Waals surface area contributed by atoms with Crippen molar-refractivity contribution in [3.63, 3.8) is 0 Å². The first-order chi connectivity index (χ1) is 7.85. The molecule has 0 aliphatic rings. The van der Waals surface area contributed by atoms with E-state index < -0.39 is 0 Å². The average molecular weight is 217 g/mol. The average Bonchev–Trinajstić information content (AvgIpc) is 2.72. The van der Waals surface area contributed by atoms with E-state index in [1.807, 2.05) is 0 Å². The molecule has 0 atom stereocenters. The smallest absolute Gasteiger partial charge is 0.0457 e. The molecular weight excluding hydrogens is 198 g/mol. The van der Waals surface area contributed by atoms with Crippen LogP contribution in [0.3, 0.4) is 0 Å². The predicted octanol–water partition coefficient (Wildman–Crippen LogP) is 1.95. The maximum Gasteiger partial charge on any atom is 0.0457 e. The Morgan fingerprint density at radius 2 is 2.12 bits per heavy atom. The van der Waals surface area contributed by atoms with Crippen molar-refractivity contribution >= 4 is 10.9 Å². The number of fused-ring (bicyclic) bond motifs is 1. The van der Waals surface area contributed by atoms with Gasteiger partial charge in [-0.1, -0.05) is 25.1 Å². The molecule has 0 saturated carbocycles. The summed E-state index contributed by atoms with van der Waals surface area (Å²) in [4.78, 5) is 5.66. The van der Waals surface area contributed by atoms with E-state index in [-0.39, 0.29) is 0 Å². The van der Waals surface area contributed by atoms with Crippen molar-refractivity contribution in [1.29, 1.82) is 0 Å². The Hall–Kier alpha value is -1.32. The number of benzene rings is 1. The molecule has 0 unspecified atom stereocenters. The van der Waals surface area contributed by atoms with Gasteiger partial charge < -0.3 is 10.7 Å². The minimum Gasteiger partial charge on any atom is -0.361 e. The number of hydrogen-bond acceptors (Lipinski definition) is 2. The number of para-hydroxylation sites is 1. The highest BCUT2D eigenvalue weighted by Crippen LogP contribution is 2.18. The number of nitrogens with one attached hydrogen (secondary N) is 1. The van der Waals surface area contributed by atoms with Crippen molar-refractivity contribution in [3.8, 4) is 0 Å². The zero-order chi connectivity index (χ0) is 11.4. The van der Waals surface area contributed by atoms with Crippen LogP contribution in [-0.4, -0.2) is 29.5 Å². The lowest BCUT2D eigenvalue weighted by Gasteiger charge is -2.18.